The Labute approximate surface area is 102 Å². The topological polar surface area (TPSA) is 112 Å². The Bertz CT molecular complexity index is 462. The molecule has 1 unspecified atom stereocenters. The zero-order chi connectivity index (χ0) is 13.7. The molecule has 3 N–H and O–H groups in total. The molecular weight excluding hydrogens is 240 g/mol. The lowest BCUT2D eigenvalue weighted by Gasteiger charge is -2.09. The van der Waals surface area contributed by atoms with Gasteiger partial charge in [0.2, 0.25) is 0 Å². The number of carbonyl (C=O) groups is 3. The van der Waals surface area contributed by atoms with E-state index in [-0.39, 0.29) is 12.0 Å². The summed E-state index contributed by atoms with van der Waals surface area (Å²) in [5.41, 5.74) is 0.692. The summed E-state index contributed by atoms with van der Waals surface area (Å²) in [5, 5.41) is 26.1. The van der Waals surface area contributed by atoms with Crippen LogP contribution >= 0.6 is 0 Å². The Balaban J connectivity index is 2.78. The molecule has 0 amide bonds. The summed E-state index contributed by atoms with van der Waals surface area (Å²) in [6.07, 6.45) is -0.405. The third-order valence-corrected chi connectivity index (χ3v) is 2.45. The highest BCUT2D eigenvalue weighted by molar-refractivity contribution is 5.87. The third-order valence-electron chi connectivity index (χ3n) is 2.45. The van der Waals surface area contributed by atoms with Gasteiger partial charge in [0.05, 0.1) is 17.9 Å². The van der Waals surface area contributed by atoms with E-state index in [1.807, 2.05) is 0 Å². The van der Waals surface area contributed by atoms with Gasteiger partial charge in [0.25, 0.3) is 0 Å². The second-order valence-electron chi connectivity index (χ2n) is 3.84. The van der Waals surface area contributed by atoms with Crippen LogP contribution in [-0.2, 0) is 16.0 Å². The molecule has 0 radical (unpaired) electrons. The van der Waals surface area contributed by atoms with E-state index in [1.165, 1.54) is 24.3 Å². The van der Waals surface area contributed by atoms with Crippen molar-refractivity contribution in [2.24, 2.45) is 5.92 Å². The third kappa shape index (κ3) is 3.89. The van der Waals surface area contributed by atoms with Crippen molar-refractivity contribution in [2.75, 3.05) is 0 Å². The maximum Gasteiger partial charge on any atom is 0.335 e. The minimum Gasteiger partial charge on any atom is -0.481 e. The van der Waals surface area contributed by atoms with Crippen LogP contribution in [-0.4, -0.2) is 33.2 Å². The highest BCUT2D eigenvalue weighted by Crippen LogP contribution is 2.14. The first kappa shape index (κ1) is 13.7. The molecule has 1 atom stereocenters. The van der Waals surface area contributed by atoms with Crippen LogP contribution in [0, 0.1) is 5.92 Å². The Hall–Kier alpha value is -2.37. The minimum atomic E-state index is -1.18. The van der Waals surface area contributed by atoms with Crippen LogP contribution < -0.4 is 0 Å². The summed E-state index contributed by atoms with van der Waals surface area (Å²) in [5.74, 6) is -4.44. The molecule has 0 bridgehead atoms. The fourth-order valence-corrected chi connectivity index (χ4v) is 1.53. The standard InChI is InChI=1S/C12H12O6/c13-10(14)6-9(12(17)18)5-7-1-3-8(4-2-7)11(15)16/h1-4,9H,5-6H2,(H,13,14)(H,15,16)(H,17,18). The summed E-state index contributed by atoms with van der Waals surface area (Å²) in [7, 11) is 0. The number of carboxylic acids is 3. The maximum atomic E-state index is 10.9. The molecule has 96 valence electrons. The first-order chi connectivity index (χ1) is 8.40. The number of aliphatic carboxylic acids is 2. The lowest BCUT2D eigenvalue weighted by Crippen LogP contribution is -2.20. The molecule has 0 aliphatic carbocycles. The smallest absolute Gasteiger partial charge is 0.335 e. The van der Waals surface area contributed by atoms with Gasteiger partial charge in [-0.05, 0) is 24.1 Å². The predicted molar refractivity (Wildman–Crippen MR) is 60.5 cm³/mol. The van der Waals surface area contributed by atoms with Crippen LogP contribution in [0.1, 0.15) is 22.3 Å². The summed E-state index contributed by atoms with van der Waals surface area (Å²) in [6, 6.07) is 5.69. The van der Waals surface area contributed by atoms with Crippen LogP contribution in [0.2, 0.25) is 0 Å². The van der Waals surface area contributed by atoms with Gasteiger partial charge in [-0.3, -0.25) is 9.59 Å². The maximum absolute atomic E-state index is 10.9. The average Bonchev–Trinajstić information content (AvgIpc) is 2.28. The lowest BCUT2D eigenvalue weighted by atomic mass is 9.96. The van der Waals surface area contributed by atoms with Gasteiger partial charge < -0.3 is 15.3 Å². The summed E-state index contributed by atoms with van der Waals surface area (Å²) >= 11 is 0. The molecule has 0 saturated heterocycles. The molecule has 0 saturated carbocycles. The number of benzene rings is 1. The number of aromatic carboxylic acids is 1. The quantitative estimate of drug-likeness (QED) is 0.699. The van der Waals surface area contributed by atoms with E-state index in [0.717, 1.165) is 0 Å². The fourth-order valence-electron chi connectivity index (χ4n) is 1.53. The molecular formula is C12H12O6. The van der Waals surface area contributed by atoms with Crippen molar-refractivity contribution in [1.29, 1.82) is 0 Å². The first-order valence-corrected chi connectivity index (χ1v) is 5.17. The average molecular weight is 252 g/mol. The minimum absolute atomic E-state index is 0.0571. The van der Waals surface area contributed by atoms with E-state index < -0.39 is 30.2 Å². The Kier molecular flexibility index (Phi) is 4.42. The van der Waals surface area contributed by atoms with Crippen LogP contribution in [0.15, 0.2) is 24.3 Å². The summed E-state index contributed by atoms with van der Waals surface area (Å²) in [6.45, 7) is 0. The number of carboxylic acid groups (broad SMARTS) is 3. The van der Waals surface area contributed by atoms with Crippen molar-refractivity contribution in [1.82, 2.24) is 0 Å². The van der Waals surface area contributed by atoms with Gasteiger partial charge in [0.15, 0.2) is 0 Å². The van der Waals surface area contributed by atoms with Crippen molar-refractivity contribution in [2.45, 2.75) is 12.8 Å². The largest absolute Gasteiger partial charge is 0.481 e. The van der Waals surface area contributed by atoms with E-state index >= 15 is 0 Å². The Morgan fingerprint density at radius 3 is 1.94 bits per heavy atom. The van der Waals surface area contributed by atoms with E-state index in [0.29, 0.717) is 5.56 Å². The van der Waals surface area contributed by atoms with E-state index in [4.69, 9.17) is 15.3 Å². The van der Waals surface area contributed by atoms with Crippen LogP contribution in [0.4, 0.5) is 0 Å². The highest BCUT2D eigenvalue weighted by Gasteiger charge is 2.21. The molecule has 1 rings (SSSR count). The van der Waals surface area contributed by atoms with E-state index in [9.17, 15) is 14.4 Å². The number of hydrogen-bond acceptors (Lipinski definition) is 3. The molecule has 0 spiro atoms. The normalized spacial score (nSPS) is 11.8. The molecule has 1 aromatic carbocycles. The van der Waals surface area contributed by atoms with Crippen LogP contribution in [0.25, 0.3) is 0 Å². The molecule has 18 heavy (non-hydrogen) atoms. The zero-order valence-electron chi connectivity index (χ0n) is 9.37. The second kappa shape index (κ2) is 5.81. The summed E-state index contributed by atoms with van der Waals surface area (Å²) < 4.78 is 0. The van der Waals surface area contributed by atoms with Gasteiger partial charge in [-0.1, -0.05) is 12.1 Å². The molecule has 0 aliphatic rings. The fraction of sp³-hybridized carbons (Fsp3) is 0.250. The van der Waals surface area contributed by atoms with Crippen molar-refractivity contribution in [3.63, 3.8) is 0 Å². The van der Waals surface area contributed by atoms with Crippen molar-refractivity contribution in [3.8, 4) is 0 Å². The molecule has 6 nitrogen and oxygen atoms in total. The van der Waals surface area contributed by atoms with Gasteiger partial charge in [-0.25, -0.2) is 4.79 Å². The van der Waals surface area contributed by atoms with Gasteiger partial charge in [0, 0.05) is 0 Å². The molecule has 0 fully saturated rings. The second-order valence-corrected chi connectivity index (χ2v) is 3.84. The molecule has 0 aliphatic heterocycles. The summed E-state index contributed by atoms with van der Waals surface area (Å²) in [4.78, 5) is 32.0. The van der Waals surface area contributed by atoms with Gasteiger partial charge in [0.1, 0.15) is 0 Å². The molecule has 0 heterocycles. The monoisotopic (exact) mass is 252 g/mol. The van der Waals surface area contributed by atoms with Gasteiger partial charge >= 0.3 is 17.9 Å². The van der Waals surface area contributed by atoms with E-state index in [1.54, 1.807) is 0 Å². The molecule has 6 heteroatoms. The Morgan fingerprint density at radius 2 is 1.56 bits per heavy atom. The predicted octanol–water partition coefficient (Wildman–Crippen LogP) is 1.10. The van der Waals surface area contributed by atoms with Gasteiger partial charge in [-0.15, -0.1) is 0 Å². The van der Waals surface area contributed by atoms with Gasteiger partial charge in [-0.2, -0.15) is 0 Å². The van der Waals surface area contributed by atoms with Crippen LogP contribution in [0.3, 0.4) is 0 Å². The van der Waals surface area contributed by atoms with Crippen LogP contribution in [0.5, 0.6) is 0 Å². The first-order valence-electron chi connectivity index (χ1n) is 5.17. The number of rotatable bonds is 6. The number of hydrogen-bond donors (Lipinski definition) is 3. The van der Waals surface area contributed by atoms with Crippen molar-refractivity contribution >= 4 is 17.9 Å². The molecule has 0 aromatic heterocycles. The van der Waals surface area contributed by atoms with Crippen molar-refractivity contribution < 1.29 is 29.7 Å². The van der Waals surface area contributed by atoms with Crippen molar-refractivity contribution in [3.05, 3.63) is 35.4 Å². The SMILES string of the molecule is O=C(O)CC(Cc1ccc(C(=O)O)cc1)C(=O)O. The Morgan fingerprint density at radius 1 is 1.00 bits per heavy atom. The molecule has 1 aromatic rings. The zero-order valence-corrected chi connectivity index (χ0v) is 9.37. The lowest BCUT2D eigenvalue weighted by molar-refractivity contribution is -0.148. The highest BCUT2D eigenvalue weighted by atomic mass is 16.4. The van der Waals surface area contributed by atoms with E-state index in [2.05, 4.69) is 0 Å².